The van der Waals surface area contributed by atoms with Crippen molar-refractivity contribution in [1.29, 1.82) is 0 Å². The van der Waals surface area contributed by atoms with Crippen molar-refractivity contribution in [2.45, 2.75) is 30.7 Å². The average Bonchev–Trinajstić information content (AvgIpc) is 3.56. The maximum atomic E-state index is 13.4. The lowest BCUT2D eigenvalue weighted by molar-refractivity contribution is -0.354. The number of hydrogen-bond donors (Lipinski definition) is 2. The van der Waals surface area contributed by atoms with Crippen molar-refractivity contribution < 1.29 is 23.3 Å². The molecule has 0 bridgehead atoms. The van der Waals surface area contributed by atoms with Crippen LogP contribution in [0.5, 0.6) is 0 Å². The first-order valence-corrected chi connectivity index (χ1v) is 15.2. The van der Waals surface area contributed by atoms with Crippen LogP contribution in [0.3, 0.4) is 0 Å². The number of piperazine rings is 1. The first-order chi connectivity index (χ1) is 17.8. The van der Waals surface area contributed by atoms with Crippen molar-refractivity contribution in [3.63, 3.8) is 0 Å². The van der Waals surface area contributed by atoms with Gasteiger partial charge in [-0.25, -0.2) is 9.78 Å². The molecule has 2 saturated heterocycles. The van der Waals surface area contributed by atoms with Crippen LogP contribution in [0, 0.1) is 0 Å². The number of anilines is 1. The number of aromatic amines is 1. The summed E-state index contributed by atoms with van der Waals surface area (Å²) in [5, 5.41) is 10.2. The van der Waals surface area contributed by atoms with Gasteiger partial charge < -0.3 is 9.64 Å². The number of benzene rings is 1. The van der Waals surface area contributed by atoms with Gasteiger partial charge in [0.15, 0.2) is 10.6 Å². The van der Waals surface area contributed by atoms with Crippen LogP contribution in [-0.4, -0.2) is 96.8 Å². The Morgan fingerprint density at radius 2 is 1.86 bits per heavy atom. The van der Waals surface area contributed by atoms with Crippen molar-refractivity contribution in [3.8, 4) is 0 Å². The maximum absolute atomic E-state index is 13.4. The van der Waals surface area contributed by atoms with E-state index in [0.29, 0.717) is 34.3 Å². The minimum atomic E-state index is -3.17. The van der Waals surface area contributed by atoms with E-state index in [-0.39, 0.29) is 11.7 Å². The molecule has 202 valence electrons. The van der Waals surface area contributed by atoms with Crippen LogP contribution in [0.25, 0.3) is 0 Å². The standard InChI is InChI=1S/C25H36N6O4S2/c1-29-12-14-30(15-13-29)19-21-18-26-25(36-21)27-24(32)23(28-31-10-3-4-11-31)20-6-8-22(9-7-20)37(33,34)17-5-16-35-2/h6-9,18H,3-5,10-17,19H2,1-2H3,(H-,26,27,32,33,34)/p+2. The molecule has 2 aromatic rings. The number of hydrazone groups is 1. The van der Waals surface area contributed by atoms with Gasteiger partial charge in [-0.05, 0) is 44.2 Å². The van der Waals surface area contributed by atoms with E-state index in [0.717, 1.165) is 63.5 Å². The molecule has 3 heterocycles. The van der Waals surface area contributed by atoms with Crippen LogP contribution < -0.4 is 10.3 Å². The van der Waals surface area contributed by atoms with Gasteiger partial charge in [0.25, 0.3) is 0 Å². The lowest BCUT2D eigenvalue weighted by Gasteiger charge is -2.31. The normalized spacial score (nSPS) is 19.2. The molecule has 2 aliphatic rings. The minimum absolute atomic E-state index is 0.125. The molecule has 1 amide bonds. The summed E-state index contributed by atoms with van der Waals surface area (Å²) in [7, 11) is 0.545. The summed E-state index contributed by atoms with van der Waals surface area (Å²) in [6, 6.07) is 6.63. The lowest BCUT2D eigenvalue weighted by Crippen LogP contribution is -2.43. The smallest absolute Gasteiger partial charge is 0.360 e. The van der Waals surface area contributed by atoms with E-state index < -0.39 is 10.2 Å². The maximum Gasteiger partial charge on any atom is 0.360 e. The number of likely N-dealkylation sites (N-methyl/N-ethyl adjacent to an activating group) is 1. The highest BCUT2D eigenvalue weighted by Crippen LogP contribution is 2.21. The third-order valence-corrected chi connectivity index (χ3v) is 9.39. The minimum Gasteiger partial charge on any atom is -0.384 e. The summed E-state index contributed by atoms with van der Waals surface area (Å²) in [5.74, 6) is -0.186. The Bertz CT molecular complexity index is 1110. The monoisotopic (exact) mass is 550 g/mol. The second-order valence-electron chi connectivity index (χ2n) is 9.54. The van der Waals surface area contributed by atoms with E-state index in [4.69, 9.17) is 4.74 Å². The number of methoxy groups -OCH3 is 1. The molecule has 0 saturated carbocycles. The topological polar surface area (TPSA) is 112 Å². The van der Waals surface area contributed by atoms with E-state index in [1.165, 1.54) is 11.3 Å². The molecule has 37 heavy (non-hydrogen) atoms. The summed E-state index contributed by atoms with van der Waals surface area (Å²) < 4.78 is 28.2. The molecular weight excluding hydrogens is 512 g/mol. The number of H-pyrrole nitrogens is 1. The molecular formula is C25H38N6O4S2+2. The van der Waals surface area contributed by atoms with Crippen LogP contribution in [0.1, 0.15) is 29.7 Å². The molecule has 0 aliphatic carbocycles. The second kappa shape index (κ2) is 13.0. The van der Waals surface area contributed by atoms with Crippen LogP contribution >= 0.6 is 11.3 Å². The Hall–Kier alpha value is -2.22. The van der Waals surface area contributed by atoms with Gasteiger partial charge in [-0.2, -0.15) is 15.0 Å². The van der Waals surface area contributed by atoms with Crippen LogP contribution in [0.2, 0.25) is 0 Å². The van der Waals surface area contributed by atoms with Crippen molar-refractivity contribution in [1.82, 2.24) is 14.8 Å². The van der Waals surface area contributed by atoms with Crippen molar-refractivity contribution in [2.24, 2.45) is 5.10 Å². The molecule has 1 aromatic heterocycles. The number of carbonyl (C=O) groups excluding carboxylic acids is 1. The Morgan fingerprint density at radius 1 is 1.16 bits per heavy atom. The number of ether oxygens (including phenoxy) is 1. The zero-order valence-electron chi connectivity index (χ0n) is 21.6. The fraction of sp³-hybridized carbons (Fsp3) is 0.560. The van der Waals surface area contributed by atoms with Gasteiger partial charge in [-0.3, -0.25) is 9.91 Å². The highest BCUT2D eigenvalue weighted by Gasteiger charge is 2.30. The Balaban J connectivity index is 1.46. The van der Waals surface area contributed by atoms with Gasteiger partial charge >= 0.3 is 11.0 Å². The van der Waals surface area contributed by atoms with Gasteiger partial charge in [0.1, 0.15) is 11.9 Å². The largest absolute Gasteiger partial charge is 0.384 e. The molecule has 2 aliphatic heterocycles. The van der Waals surface area contributed by atoms with E-state index in [9.17, 15) is 13.6 Å². The molecule has 1 atom stereocenters. The summed E-state index contributed by atoms with van der Waals surface area (Å²) in [5.41, 5.74) is 0.897. The molecule has 12 heteroatoms. The lowest BCUT2D eigenvalue weighted by atomic mass is 10.1. The third-order valence-electron chi connectivity index (χ3n) is 6.60. The molecule has 0 spiro atoms. The Morgan fingerprint density at radius 3 is 2.54 bits per heavy atom. The molecule has 2 fully saturated rings. The van der Waals surface area contributed by atoms with E-state index in [1.54, 1.807) is 31.4 Å². The highest BCUT2D eigenvalue weighted by molar-refractivity contribution is 7.97. The summed E-state index contributed by atoms with van der Waals surface area (Å²) in [6.45, 7) is 7.08. The molecule has 10 nitrogen and oxygen atoms in total. The van der Waals surface area contributed by atoms with Crippen molar-refractivity contribution >= 4 is 38.3 Å². The van der Waals surface area contributed by atoms with E-state index in [1.807, 2.05) is 11.2 Å². The number of carbonyl (C=O) groups is 1. The first kappa shape index (κ1) is 27.8. The number of aromatic nitrogens is 1. The average molecular weight is 551 g/mol. The summed E-state index contributed by atoms with van der Waals surface area (Å²) >= 11 is 1.53. The van der Waals surface area contributed by atoms with Gasteiger partial charge in [0.2, 0.25) is 10.2 Å². The fourth-order valence-electron chi connectivity index (χ4n) is 4.38. The van der Waals surface area contributed by atoms with Gasteiger partial charge in [0, 0.05) is 64.9 Å². The van der Waals surface area contributed by atoms with Gasteiger partial charge in [0.05, 0.1) is 11.5 Å². The number of rotatable bonds is 11. The van der Waals surface area contributed by atoms with Gasteiger partial charge in [-0.15, -0.1) is 0 Å². The van der Waals surface area contributed by atoms with Crippen LogP contribution in [0.15, 0.2) is 40.5 Å². The van der Waals surface area contributed by atoms with Crippen molar-refractivity contribution in [2.75, 3.05) is 71.1 Å². The summed E-state index contributed by atoms with van der Waals surface area (Å²) in [6.07, 6.45) is 4.53. The molecule has 3 N–H and O–H groups in total. The van der Waals surface area contributed by atoms with Gasteiger partial charge in [-0.1, -0.05) is 15.5 Å². The van der Waals surface area contributed by atoms with Crippen molar-refractivity contribution in [3.05, 3.63) is 40.9 Å². The number of hydrogen-bond acceptors (Lipinski definition) is 8. The number of amides is 1. The Kier molecular flexibility index (Phi) is 9.79. The SMILES string of the molecule is COCCC[S+](=O)(O)c1ccc(C(=NN2CCCC2)C(=O)Nc2[nH+]cc(CN3CCN(C)CC3)s2)cc1. The predicted molar refractivity (Wildman–Crippen MR) is 146 cm³/mol. The van der Waals surface area contributed by atoms with Crippen LogP contribution in [0.4, 0.5) is 5.13 Å². The number of thiazole rings is 1. The third kappa shape index (κ3) is 7.88. The molecule has 4 rings (SSSR count). The predicted octanol–water partition coefficient (Wildman–Crippen LogP) is 2.12. The Labute approximate surface area is 223 Å². The second-order valence-corrected chi connectivity index (χ2v) is 12.8. The number of nitrogens with zero attached hydrogens (tertiary/aromatic N) is 4. The molecule has 0 radical (unpaired) electrons. The molecule has 1 aromatic carbocycles. The highest BCUT2D eigenvalue weighted by atomic mass is 32.3. The zero-order chi connectivity index (χ0) is 26.3. The zero-order valence-corrected chi connectivity index (χ0v) is 23.3. The molecule has 1 unspecified atom stereocenters. The van der Waals surface area contributed by atoms with E-state index >= 15 is 0 Å². The number of nitrogens with one attached hydrogen (secondary N) is 2. The van der Waals surface area contributed by atoms with E-state index in [2.05, 4.69) is 32.2 Å². The fourth-order valence-corrected chi connectivity index (χ4v) is 6.58. The summed E-state index contributed by atoms with van der Waals surface area (Å²) in [4.78, 5) is 22.8. The quantitative estimate of drug-likeness (QED) is 0.250. The first-order valence-electron chi connectivity index (χ1n) is 12.7. The van der Waals surface area contributed by atoms with Crippen LogP contribution in [-0.2, 0) is 30.5 Å².